The number of carbonyl (C=O) groups is 2. The zero-order valence-electron chi connectivity index (χ0n) is 17.0. The van der Waals surface area contributed by atoms with Crippen molar-refractivity contribution in [3.8, 4) is 11.1 Å². The van der Waals surface area contributed by atoms with Gasteiger partial charge in [-0.2, -0.15) is 13.2 Å². The first-order chi connectivity index (χ1) is 14.7. The van der Waals surface area contributed by atoms with E-state index in [1.807, 2.05) is 6.07 Å². The van der Waals surface area contributed by atoms with E-state index in [9.17, 15) is 22.8 Å². The molecular formula is C22H22F3N3O3. The van der Waals surface area contributed by atoms with Gasteiger partial charge in [0, 0.05) is 44.0 Å². The second-order valence-electron chi connectivity index (χ2n) is 8.01. The highest BCUT2D eigenvalue weighted by Crippen LogP contribution is 2.48. The Kier molecular flexibility index (Phi) is 5.47. The summed E-state index contributed by atoms with van der Waals surface area (Å²) in [4.78, 5) is 29.2. The number of fused-ring (bicyclic) bond motifs is 2. The number of amides is 2. The van der Waals surface area contributed by atoms with Crippen LogP contribution in [-0.4, -0.2) is 42.7 Å². The number of halogens is 3. The van der Waals surface area contributed by atoms with Crippen molar-refractivity contribution in [2.45, 2.75) is 37.8 Å². The molecule has 3 heterocycles. The van der Waals surface area contributed by atoms with E-state index in [-0.39, 0.29) is 12.5 Å². The fourth-order valence-corrected chi connectivity index (χ4v) is 4.39. The number of aromatic nitrogens is 1. The highest BCUT2D eigenvalue weighted by atomic mass is 19.4. The molecule has 0 aliphatic carbocycles. The van der Waals surface area contributed by atoms with Crippen LogP contribution in [-0.2, 0) is 19.7 Å². The Labute approximate surface area is 177 Å². The topological polar surface area (TPSA) is 71.5 Å². The average Bonchev–Trinajstić information content (AvgIpc) is 3.01. The summed E-state index contributed by atoms with van der Waals surface area (Å²) in [5.74, 6) is -0.770. The van der Waals surface area contributed by atoms with E-state index in [0.717, 1.165) is 16.7 Å². The number of hydrogen-bond acceptors (Lipinski definition) is 4. The Morgan fingerprint density at radius 3 is 2.55 bits per heavy atom. The molecule has 6 nitrogen and oxygen atoms in total. The minimum Gasteiger partial charge on any atom is -0.381 e. The molecule has 1 fully saturated rings. The molecule has 0 radical (unpaired) electrons. The molecule has 31 heavy (non-hydrogen) atoms. The summed E-state index contributed by atoms with van der Waals surface area (Å²) in [6.07, 6.45) is -3.19. The summed E-state index contributed by atoms with van der Waals surface area (Å²) in [5, 5.41) is 2.64. The van der Waals surface area contributed by atoms with Gasteiger partial charge in [-0.3, -0.25) is 9.59 Å². The largest absolute Gasteiger partial charge is 0.397 e. The first-order valence-corrected chi connectivity index (χ1v) is 10.0. The zero-order valence-corrected chi connectivity index (χ0v) is 17.0. The smallest absolute Gasteiger partial charge is 0.381 e. The molecule has 1 spiro atoms. The molecule has 2 aromatic rings. The quantitative estimate of drug-likeness (QED) is 0.793. The maximum absolute atomic E-state index is 12.9. The zero-order chi connectivity index (χ0) is 22.2. The van der Waals surface area contributed by atoms with Crippen LogP contribution in [0.15, 0.2) is 36.5 Å². The maximum atomic E-state index is 12.9. The molecule has 0 bridgehead atoms. The van der Waals surface area contributed by atoms with Crippen molar-refractivity contribution in [1.82, 2.24) is 4.98 Å². The third-order valence-electron chi connectivity index (χ3n) is 5.82. The number of alkyl halides is 3. The van der Waals surface area contributed by atoms with E-state index in [1.54, 1.807) is 30.5 Å². The van der Waals surface area contributed by atoms with Gasteiger partial charge < -0.3 is 15.0 Å². The molecule has 1 N–H and O–H groups in total. The van der Waals surface area contributed by atoms with Gasteiger partial charge in [-0.15, -0.1) is 0 Å². The Morgan fingerprint density at radius 2 is 1.87 bits per heavy atom. The lowest BCUT2D eigenvalue weighted by Crippen LogP contribution is -2.41. The van der Waals surface area contributed by atoms with Crippen LogP contribution in [0.2, 0.25) is 0 Å². The SMILES string of the molecule is CC(=O)Nc1cc(-c2ccc3c(c2)C2(CCOCC2)CN3C(=O)CC(F)(F)F)ccn1. The predicted octanol–water partition coefficient (Wildman–Crippen LogP) is 4.05. The van der Waals surface area contributed by atoms with Crippen LogP contribution >= 0.6 is 0 Å². The summed E-state index contributed by atoms with van der Waals surface area (Å²) in [6, 6.07) is 8.96. The number of anilines is 2. The molecule has 1 aromatic carbocycles. The van der Waals surface area contributed by atoms with Crippen LogP contribution in [0.3, 0.4) is 0 Å². The van der Waals surface area contributed by atoms with Crippen molar-refractivity contribution >= 4 is 23.3 Å². The number of pyridine rings is 1. The predicted molar refractivity (Wildman–Crippen MR) is 109 cm³/mol. The number of rotatable bonds is 3. The Bertz CT molecular complexity index is 1020. The number of ether oxygens (including phenoxy) is 1. The minimum absolute atomic E-state index is 0.220. The molecule has 0 saturated carbocycles. The van der Waals surface area contributed by atoms with E-state index in [0.29, 0.717) is 37.6 Å². The molecule has 4 rings (SSSR count). The van der Waals surface area contributed by atoms with E-state index in [1.165, 1.54) is 11.8 Å². The molecule has 2 aliphatic rings. The van der Waals surface area contributed by atoms with Crippen molar-refractivity contribution in [2.75, 3.05) is 30.0 Å². The van der Waals surface area contributed by atoms with Gasteiger partial charge >= 0.3 is 6.18 Å². The molecule has 1 saturated heterocycles. The molecule has 164 valence electrons. The van der Waals surface area contributed by atoms with Gasteiger partial charge in [-0.25, -0.2) is 4.98 Å². The van der Waals surface area contributed by atoms with E-state index in [4.69, 9.17) is 4.74 Å². The molecule has 9 heteroatoms. The Morgan fingerprint density at radius 1 is 1.16 bits per heavy atom. The van der Waals surface area contributed by atoms with Crippen LogP contribution in [0.5, 0.6) is 0 Å². The molecule has 0 atom stereocenters. The maximum Gasteiger partial charge on any atom is 0.397 e. The van der Waals surface area contributed by atoms with Crippen molar-refractivity contribution in [3.05, 3.63) is 42.1 Å². The lowest BCUT2D eigenvalue weighted by molar-refractivity contribution is -0.152. The number of benzene rings is 1. The molecule has 2 amide bonds. The molecule has 0 unspecified atom stereocenters. The van der Waals surface area contributed by atoms with Crippen molar-refractivity contribution in [2.24, 2.45) is 0 Å². The average molecular weight is 433 g/mol. The van der Waals surface area contributed by atoms with Crippen molar-refractivity contribution < 1.29 is 27.5 Å². The van der Waals surface area contributed by atoms with Crippen LogP contribution in [0, 0.1) is 0 Å². The van der Waals surface area contributed by atoms with Gasteiger partial charge in [0.15, 0.2) is 0 Å². The Hall–Kier alpha value is -2.94. The van der Waals surface area contributed by atoms with Crippen LogP contribution < -0.4 is 10.2 Å². The highest BCUT2D eigenvalue weighted by molar-refractivity contribution is 5.97. The highest BCUT2D eigenvalue weighted by Gasteiger charge is 2.47. The third kappa shape index (κ3) is 4.41. The van der Waals surface area contributed by atoms with Crippen molar-refractivity contribution in [3.63, 3.8) is 0 Å². The fourth-order valence-electron chi connectivity index (χ4n) is 4.39. The second kappa shape index (κ2) is 7.96. The van der Waals surface area contributed by atoms with Gasteiger partial charge in [0.25, 0.3) is 0 Å². The summed E-state index contributed by atoms with van der Waals surface area (Å²) < 4.78 is 44.1. The minimum atomic E-state index is -4.56. The van der Waals surface area contributed by atoms with Crippen molar-refractivity contribution in [1.29, 1.82) is 0 Å². The first kappa shape index (κ1) is 21.3. The monoisotopic (exact) mass is 433 g/mol. The van der Waals surface area contributed by atoms with E-state index in [2.05, 4.69) is 10.3 Å². The van der Waals surface area contributed by atoms with Gasteiger partial charge in [-0.1, -0.05) is 6.07 Å². The lowest BCUT2D eigenvalue weighted by Gasteiger charge is -2.34. The first-order valence-electron chi connectivity index (χ1n) is 10.0. The van der Waals surface area contributed by atoms with Gasteiger partial charge in [0.1, 0.15) is 12.2 Å². The standard InChI is InChI=1S/C22H22F3N3O3/c1-14(29)27-19-11-16(4-7-26-19)15-2-3-18-17(10-15)21(5-8-31-9-6-21)13-28(18)20(30)12-22(23,24)25/h2-4,7,10-11H,5-6,8-9,12-13H2,1H3,(H,26,27,29). The number of nitrogens with one attached hydrogen (secondary N) is 1. The van der Waals surface area contributed by atoms with Crippen LogP contribution in [0.25, 0.3) is 11.1 Å². The van der Waals surface area contributed by atoms with Crippen LogP contribution in [0.4, 0.5) is 24.7 Å². The van der Waals surface area contributed by atoms with Gasteiger partial charge in [0.05, 0.1) is 0 Å². The molecule has 1 aromatic heterocycles. The van der Waals surface area contributed by atoms with E-state index >= 15 is 0 Å². The molecular weight excluding hydrogens is 411 g/mol. The number of nitrogens with zero attached hydrogens (tertiary/aromatic N) is 2. The van der Waals surface area contributed by atoms with Gasteiger partial charge in [0.2, 0.25) is 11.8 Å². The Balaban J connectivity index is 1.73. The summed E-state index contributed by atoms with van der Waals surface area (Å²) in [7, 11) is 0. The second-order valence-corrected chi connectivity index (χ2v) is 8.01. The number of hydrogen-bond donors (Lipinski definition) is 1. The van der Waals surface area contributed by atoms with E-state index < -0.39 is 23.9 Å². The normalized spacial score (nSPS) is 17.5. The summed E-state index contributed by atoms with van der Waals surface area (Å²) in [6.45, 7) is 2.60. The lowest BCUT2D eigenvalue weighted by atomic mass is 9.75. The number of carbonyl (C=O) groups excluding carboxylic acids is 2. The third-order valence-corrected chi connectivity index (χ3v) is 5.82. The molecule has 2 aliphatic heterocycles. The summed E-state index contributed by atoms with van der Waals surface area (Å²) in [5.41, 5.74) is 2.60. The van der Waals surface area contributed by atoms with Crippen LogP contribution in [0.1, 0.15) is 31.7 Å². The summed E-state index contributed by atoms with van der Waals surface area (Å²) >= 11 is 0. The van der Waals surface area contributed by atoms with Gasteiger partial charge in [-0.05, 0) is 53.8 Å². The fraction of sp³-hybridized carbons (Fsp3) is 0.409.